The number of aryl methyl sites for hydroxylation is 1. The summed E-state index contributed by atoms with van der Waals surface area (Å²) < 4.78 is 16.3. The minimum Gasteiger partial charge on any atom is -0.493 e. The van der Waals surface area contributed by atoms with E-state index in [2.05, 4.69) is 20.9 Å². The highest BCUT2D eigenvalue weighted by Gasteiger charge is 2.21. The number of anilines is 2. The average molecular weight is 647 g/mol. The van der Waals surface area contributed by atoms with E-state index in [1.165, 1.54) is 50.5 Å². The van der Waals surface area contributed by atoms with Gasteiger partial charge < -0.3 is 30.2 Å². The largest absolute Gasteiger partial charge is 0.493 e. The molecular weight excluding hydrogens is 613 g/mol. The zero-order valence-electron chi connectivity index (χ0n) is 25.5. The van der Waals surface area contributed by atoms with Gasteiger partial charge in [0.25, 0.3) is 11.8 Å². The number of thioether (sulfide) groups is 1. The van der Waals surface area contributed by atoms with Crippen molar-refractivity contribution in [1.82, 2.24) is 10.3 Å². The lowest BCUT2D eigenvalue weighted by atomic mass is 10.1. The Hall–Kier alpha value is -4.81. The summed E-state index contributed by atoms with van der Waals surface area (Å²) >= 11 is 2.76. The molecule has 0 bridgehead atoms. The van der Waals surface area contributed by atoms with Gasteiger partial charge >= 0.3 is 0 Å². The van der Waals surface area contributed by atoms with Crippen molar-refractivity contribution in [2.24, 2.45) is 0 Å². The summed E-state index contributed by atoms with van der Waals surface area (Å²) in [5.41, 5.74) is 2.23. The number of carbonyl (C=O) groups is 3. The molecule has 10 nitrogen and oxygen atoms in total. The number of hydrogen-bond acceptors (Lipinski definition) is 9. The lowest BCUT2D eigenvalue weighted by molar-refractivity contribution is -0.116. The highest BCUT2D eigenvalue weighted by molar-refractivity contribution is 8.00. The lowest BCUT2D eigenvalue weighted by Gasteiger charge is -2.16. The number of nitrogens with zero attached hydrogens (tertiary/aromatic N) is 1. The van der Waals surface area contributed by atoms with Crippen molar-refractivity contribution in [3.05, 3.63) is 94.6 Å². The van der Waals surface area contributed by atoms with Crippen molar-refractivity contribution in [1.29, 1.82) is 0 Å². The van der Waals surface area contributed by atoms with Crippen LogP contribution in [0.4, 0.5) is 10.8 Å². The van der Waals surface area contributed by atoms with Gasteiger partial charge in [-0.25, -0.2) is 4.98 Å². The molecule has 12 heteroatoms. The Labute approximate surface area is 270 Å². The van der Waals surface area contributed by atoms with Crippen molar-refractivity contribution in [3.63, 3.8) is 0 Å². The van der Waals surface area contributed by atoms with Gasteiger partial charge in [-0.15, -0.1) is 23.1 Å². The number of ether oxygens (including phenoxy) is 3. The number of amides is 3. The first-order chi connectivity index (χ1) is 21.7. The van der Waals surface area contributed by atoms with E-state index in [0.717, 1.165) is 10.6 Å². The van der Waals surface area contributed by atoms with E-state index in [1.54, 1.807) is 60.7 Å². The highest BCUT2D eigenvalue weighted by Crippen LogP contribution is 2.38. The summed E-state index contributed by atoms with van der Waals surface area (Å²) in [6, 6.07) is 19.1. The van der Waals surface area contributed by atoms with E-state index in [4.69, 9.17) is 14.2 Å². The fourth-order valence-corrected chi connectivity index (χ4v) is 5.93. The van der Waals surface area contributed by atoms with Crippen molar-refractivity contribution in [2.75, 3.05) is 32.0 Å². The molecular formula is C33H34N4O6S2. The fourth-order valence-electron chi connectivity index (χ4n) is 4.22. The molecule has 1 atom stereocenters. The van der Waals surface area contributed by atoms with E-state index in [1.807, 2.05) is 25.3 Å². The van der Waals surface area contributed by atoms with E-state index in [9.17, 15) is 14.4 Å². The molecule has 1 aromatic heterocycles. The number of nitrogens with one attached hydrogen (secondary N) is 3. The van der Waals surface area contributed by atoms with Crippen molar-refractivity contribution >= 4 is 57.7 Å². The third-order valence-corrected chi connectivity index (χ3v) is 8.64. The van der Waals surface area contributed by atoms with Crippen LogP contribution in [0.15, 0.2) is 82.7 Å². The molecule has 3 N–H and O–H groups in total. The van der Waals surface area contributed by atoms with E-state index in [0.29, 0.717) is 45.6 Å². The Morgan fingerprint density at radius 2 is 1.64 bits per heavy atom. The smallest absolute Gasteiger partial charge is 0.272 e. The second kappa shape index (κ2) is 15.8. The number of benzene rings is 3. The zero-order valence-corrected chi connectivity index (χ0v) is 27.1. The normalized spacial score (nSPS) is 11.7. The molecule has 0 aliphatic carbocycles. The summed E-state index contributed by atoms with van der Waals surface area (Å²) in [6.07, 6.45) is 2.11. The molecule has 45 heavy (non-hydrogen) atoms. The van der Waals surface area contributed by atoms with Crippen molar-refractivity contribution in [2.45, 2.75) is 30.4 Å². The summed E-state index contributed by atoms with van der Waals surface area (Å²) in [5.74, 6) is 0.0140. The maximum atomic E-state index is 13.7. The first-order valence-electron chi connectivity index (χ1n) is 13.9. The molecule has 0 fully saturated rings. The predicted molar refractivity (Wildman–Crippen MR) is 178 cm³/mol. The van der Waals surface area contributed by atoms with Crippen LogP contribution in [0.3, 0.4) is 0 Å². The van der Waals surface area contributed by atoms with Gasteiger partial charge in [0.15, 0.2) is 16.6 Å². The van der Waals surface area contributed by atoms with Gasteiger partial charge in [-0.2, -0.15) is 0 Å². The number of rotatable bonds is 13. The summed E-state index contributed by atoms with van der Waals surface area (Å²) in [4.78, 5) is 44.8. The minimum absolute atomic E-state index is 0.0132. The monoisotopic (exact) mass is 646 g/mol. The molecule has 1 unspecified atom stereocenters. The molecule has 0 aliphatic rings. The Kier molecular flexibility index (Phi) is 11.6. The van der Waals surface area contributed by atoms with Crippen LogP contribution in [-0.4, -0.2) is 49.3 Å². The van der Waals surface area contributed by atoms with Gasteiger partial charge in [0.05, 0.1) is 32.3 Å². The maximum absolute atomic E-state index is 13.7. The Morgan fingerprint density at radius 1 is 0.933 bits per heavy atom. The molecule has 4 aromatic rings. The summed E-state index contributed by atoms with van der Waals surface area (Å²) in [6.45, 7) is 3.81. The Balaban J connectivity index is 1.58. The van der Waals surface area contributed by atoms with Gasteiger partial charge in [-0.3, -0.25) is 14.4 Å². The summed E-state index contributed by atoms with van der Waals surface area (Å²) in [7, 11) is 4.48. The maximum Gasteiger partial charge on any atom is 0.272 e. The lowest BCUT2D eigenvalue weighted by Crippen LogP contribution is -2.30. The zero-order chi connectivity index (χ0) is 32.3. The topological polar surface area (TPSA) is 128 Å². The third kappa shape index (κ3) is 8.87. The average Bonchev–Trinajstić information content (AvgIpc) is 3.46. The van der Waals surface area contributed by atoms with Crippen LogP contribution >= 0.6 is 23.1 Å². The van der Waals surface area contributed by atoms with Gasteiger partial charge in [0.1, 0.15) is 5.70 Å². The number of hydrogen-bond donors (Lipinski definition) is 3. The van der Waals surface area contributed by atoms with Crippen molar-refractivity contribution in [3.8, 4) is 17.2 Å². The van der Waals surface area contributed by atoms with Gasteiger partial charge in [0.2, 0.25) is 11.7 Å². The molecule has 0 saturated heterocycles. The molecule has 1 heterocycles. The molecule has 0 saturated carbocycles. The first-order valence-corrected chi connectivity index (χ1v) is 15.7. The third-order valence-electron chi connectivity index (χ3n) is 6.41. The predicted octanol–water partition coefficient (Wildman–Crippen LogP) is 6.40. The highest BCUT2D eigenvalue weighted by atomic mass is 32.2. The van der Waals surface area contributed by atoms with Crippen LogP contribution in [0.5, 0.6) is 17.2 Å². The summed E-state index contributed by atoms with van der Waals surface area (Å²) in [5, 5.41) is 10.5. The second-order valence-electron chi connectivity index (χ2n) is 9.62. The van der Waals surface area contributed by atoms with Crippen LogP contribution in [0, 0.1) is 6.92 Å². The Morgan fingerprint density at radius 3 is 2.24 bits per heavy atom. The van der Waals surface area contributed by atoms with E-state index < -0.39 is 11.8 Å². The molecule has 0 spiro atoms. The van der Waals surface area contributed by atoms with Crippen LogP contribution in [0.1, 0.15) is 35.0 Å². The number of methoxy groups -OCH3 is 3. The molecule has 0 aliphatic heterocycles. The first kappa shape index (κ1) is 33.1. The second-order valence-corrected chi connectivity index (χ2v) is 11.8. The van der Waals surface area contributed by atoms with Crippen LogP contribution in [0.25, 0.3) is 6.08 Å². The van der Waals surface area contributed by atoms with Gasteiger partial charge in [-0.05, 0) is 67.4 Å². The van der Waals surface area contributed by atoms with Crippen LogP contribution < -0.4 is 30.2 Å². The SMILES string of the molecule is CCC(Sc1cccc(NC(=O)/C(=C\c2cc(OC)c(OC)c(OC)c2)NC(=O)c2ccccc2)c1)C(=O)Nc1nc(C)cs1. The van der Waals surface area contributed by atoms with Gasteiger partial charge in [0, 0.05) is 21.5 Å². The number of aromatic nitrogens is 1. The molecule has 0 radical (unpaired) electrons. The van der Waals surface area contributed by atoms with E-state index in [-0.39, 0.29) is 16.9 Å². The molecule has 3 aromatic carbocycles. The fraction of sp³-hybridized carbons (Fsp3) is 0.212. The number of carbonyl (C=O) groups excluding carboxylic acids is 3. The molecule has 3 amide bonds. The number of thiazole rings is 1. The van der Waals surface area contributed by atoms with E-state index >= 15 is 0 Å². The molecule has 4 rings (SSSR count). The van der Waals surface area contributed by atoms with Crippen LogP contribution in [-0.2, 0) is 9.59 Å². The van der Waals surface area contributed by atoms with Gasteiger partial charge in [-0.1, -0.05) is 31.2 Å². The molecule has 234 valence electrons. The quantitative estimate of drug-likeness (QED) is 0.113. The minimum atomic E-state index is -0.556. The standard InChI is InChI=1S/C33H34N4O6S2/c1-6-28(32(40)37-33-34-20(2)19-44-33)45-24-14-10-13-23(18-24)35-31(39)25(36-30(38)22-11-8-7-9-12-22)15-21-16-26(41-3)29(43-5)27(17-21)42-4/h7-19,28H,6H2,1-5H3,(H,35,39)(H,36,38)(H,34,37,40)/b25-15+. The Bertz CT molecular complexity index is 1660. The van der Waals surface area contributed by atoms with Crippen LogP contribution in [0.2, 0.25) is 0 Å². The van der Waals surface area contributed by atoms with Crippen molar-refractivity contribution < 1.29 is 28.6 Å².